The third-order valence-corrected chi connectivity index (χ3v) is 9.79. The van der Waals surface area contributed by atoms with Crippen molar-refractivity contribution in [2.45, 2.75) is 60.0 Å². The van der Waals surface area contributed by atoms with Gasteiger partial charge in [-0.3, -0.25) is 18.6 Å². The van der Waals surface area contributed by atoms with Crippen molar-refractivity contribution in [3.05, 3.63) is 23.8 Å². The van der Waals surface area contributed by atoms with Crippen molar-refractivity contribution in [1.29, 1.82) is 0 Å². The lowest BCUT2D eigenvalue weighted by molar-refractivity contribution is -0.152. The fraction of sp³-hybridized carbons (Fsp3) is 0.731. The Bertz CT molecular complexity index is 1070. The average Bonchev–Trinajstić information content (AvgIpc) is 2.96. The van der Waals surface area contributed by atoms with Crippen molar-refractivity contribution >= 4 is 27.7 Å². The van der Waals surface area contributed by atoms with Crippen molar-refractivity contribution in [1.82, 2.24) is 0 Å². The van der Waals surface area contributed by atoms with Gasteiger partial charge in [-0.25, -0.2) is 0 Å². The number of hydrogen-bond donors (Lipinski definition) is 0. The third kappa shape index (κ3) is 4.11. The van der Waals surface area contributed by atoms with Crippen LogP contribution in [0.1, 0.15) is 53.9 Å². The van der Waals surface area contributed by atoms with Gasteiger partial charge in [-0.05, 0) is 60.5 Å². The van der Waals surface area contributed by atoms with Crippen LogP contribution in [-0.4, -0.2) is 44.9 Å². The van der Waals surface area contributed by atoms with Crippen LogP contribution in [0.25, 0.3) is 0 Å². The molecule has 3 fully saturated rings. The van der Waals surface area contributed by atoms with E-state index in [-0.39, 0.29) is 53.7 Å². The van der Waals surface area contributed by atoms with E-state index in [1.807, 2.05) is 6.08 Å². The quantitative estimate of drug-likeness (QED) is 0.427. The molecule has 0 aromatic rings. The van der Waals surface area contributed by atoms with Crippen LogP contribution in [0.2, 0.25) is 0 Å². The third-order valence-electron chi connectivity index (χ3n) is 9.20. The Morgan fingerprint density at radius 1 is 1.18 bits per heavy atom. The molecule has 0 saturated heterocycles. The highest BCUT2D eigenvalue weighted by Gasteiger charge is 2.65. The summed E-state index contributed by atoms with van der Waals surface area (Å²) in [6.07, 6.45) is 7.80. The standard InChI is InChI=1S/C26H36O7S/c1-14-9-18-20-10-15(2)23(21(29)13-32-16(3)27)26(20,5)12-22(33-34(6,30)31)24(18)25(4)8-7-17(28)11-19(14)25/h7-8,11,14-15,18,20,22-24H,9-10,12-13H2,1-6H3/t14-,15?,18-,20-,22+,23+,24+,25-,26-/m0/s1. The lowest BCUT2D eigenvalue weighted by atomic mass is 9.45. The summed E-state index contributed by atoms with van der Waals surface area (Å²) in [6, 6.07) is 0. The molecule has 3 saturated carbocycles. The summed E-state index contributed by atoms with van der Waals surface area (Å²) in [5, 5.41) is 0. The number of carbonyl (C=O) groups excluding carboxylic acids is 3. The number of fused-ring (bicyclic) bond motifs is 5. The fourth-order valence-electron chi connectivity index (χ4n) is 8.34. The number of ketones is 2. The molecule has 0 aromatic heterocycles. The van der Waals surface area contributed by atoms with Gasteiger partial charge in [-0.1, -0.05) is 39.3 Å². The largest absolute Gasteiger partial charge is 0.458 e. The number of carbonyl (C=O) groups is 3. The SMILES string of the molecule is CC(=O)OCC(=O)[C@H]1C(C)C[C@H]2[C@@H]3C[C@H](C)C4=CC(=O)C=C[C@]4(C)[C@H]3[C@H](OS(C)(=O)=O)C[C@]12C. The van der Waals surface area contributed by atoms with Crippen LogP contribution < -0.4 is 0 Å². The molecule has 7 nitrogen and oxygen atoms in total. The van der Waals surface area contributed by atoms with Crippen LogP contribution in [0, 0.1) is 46.3 Å². The summed E-state index contributed by atoms with van der Waals surface area (Å²) in [7, 11) is -3.76. The first-order chi connectivity index (χ1) is 15.7. The summed E-state index contributed by atoms with van der Waals surface area (Å²) >= 11 is 0. The second kappa shape index (κ2) is 8.40. The maximum atomic E-state index is 13.3. The Kier molecular flexibility index (Phi) is 6.25. The minimum atomic E-state index is -3.76. The Hall–Kier alpha value is -1.80. The minimum absolute atomic E-state index is 0.0374. The van der Waals surface area contributed by atoms with Gasteiger partial charge in [0, 0.05) is 24.2 Å². The summed E-state index contributed by atoms with van der Waals surface area (Å²) in [5.41, 5.74) is 0.0785. The van der Waals surface area contributed by atoms with Gasteiger partial charge in [0.1, 0.15) is 6.61 Å². The number of esters is 1. The van der Waals surface area contributed by atoms with E-state index in [2.05, 4.69) is 27.7 Å². The van der Waals surface area contributed by atoms with Gasteiger partial charge in [-0.15, -0.1) is 0 Å². The normalized spacial score (nSPS) is 43.4. The number of hydrogen-bond acceptors (Lipinski definition) is 7. The van der Waals surface area contributed by atoms with Gasteiger partial charge >= 0.3 is 5.97 Å². The molecule has 0 N–H and O–H groups in total. The molecule has 0 spiro atoms. The number of allylic oxidation sites excluding steroid dienone is 4. The zero-order valence-corrected chi connectivity index (χ0v) is 21.7. The first-order valence-corrected chi connectivity index (χ1v) is 14.0. The highest BCUT2D eigenvalue weighted by molar-refractivity contribution is 7.86. The maximum Gasteiger partial charge on any atom is 0.303 e. The molecule has 9 atom stereocenters. The molecule has 0 heterocycles. The molecule has 0 bridgehead atoms. The molecule has 1 unspecified atom stereocenters. The van der Waals surface area contributed by atoms with Crippen LogP contribution in [-0.2, 0) is 33.4 Å². The van der Waals surface area contributed by atoms with Gasteiger partial charge in [0.15, 0.2) is 11.6 Å². The van der Waals surface area contributed by atoms with Gasteiger partial charge in [0.05, 0.1) is 12.4 Å². The van der Waals surface area contributed by atoms with E-state index in [1.165, 1.54) is 6.92 Å². The molecule has 4 rings (SSSR count). The van der Waals surface area contributed by atoms with Crippen molar-refractivity contribution in [2.75, 3.05) is 12.9 Å². The highest BCUT2D eigenvalue weighted by atomic mass is 32.2. The summed E-state index contributed by atoms with van der Waals surface area (Å²) in [5.74, 6) is -0.526. The van der Waals surface area contributed by atoms with Crippen LogP contribution in [0.4, 0.5) is 0 Å². The molecule has 8 heteroatoms. The Balaban J connectivity index is 1.79. The molecule has 0 radical (unpaired) electrons. The second-order valence-corrected chi connectivity index (χ2v) is 13.1. The van der Waals surface area contributed by atoms with Crippen molar-refractivity contribution in [2.24, 2.45) is 46.3 Å². The van der Waals surface area contributed by atoms with Crippen LogP contribution in [0.3, 0.4) is 0 Å². The van der Waals surface area contributed by atoms with Crippen LogP contribution in [0.15, 0.2) is 23.8 Å². The zero-order valence-electron chi connectivity index (χ0n) is 20.9. The predicted molar refractivity (Wildman–Crippen MR) is 126 cm³/mol. The molecule has 188 valence electrons. The van der Waals surface area contributed by atoms with Gasteiger partial charge < -0.3 is 4.74 Å². The van der Waals surface area contributed by atoms with E-state index >= 15 is 0 Å². The van der Waals surface area contributed by atoms with E-state index in [1.54, 1.807) is 12.2 Å². The van der Waals surface area contributed by atoms with Crippen molar-refractivity contribution in [3.63, 3.8) is 0 Å². The first-order valence-electron chi connectivity index (χ1n) is 12.2. The van der Waals surface area contributed by atoms with Gasteiger partial charge in [-0.2, -0.15) is 8.42 Å². The summed E-state index contributed by atoms with van der Waals surface area (Å²) in [4.78, 5) is 36.8. The van der Waals surface area contributed by atoms with Crippen molar-refractivity contribution < 1.29 is 31.7 Å². The Morgan fingerprint density at radius 3 is 2.47 bits per heavy atom. The van der Waals surface area contributed by atoms with E-state index < -0.39 is 33.0 Å². The number of Topliss-reactive ketones (excluding diaryl/α,β-unsaturated/α-hetero) is 1. The van der Waals surface area contributed by atoms with E-state index in [0.717, 1.165) is 24.7 Å². The Morgan fingerprint density at radius 2 is 1.85 bits per heavy atom. The topological polar surface area (TPSA) is 104 Å². The molecular weight excluding hydrogens is 456 g/mol. The Labute approximate surface area is 202 Å². The summed E-state index contributed by atoms with van der Waals surface area (Å²) < 4.78 is 35.6. The first kappa shape index (κ1) is 25.3. The molecule has 0 amide bonds. The fourth-order valence-corrected chi connectivity index (χ4v) is 8.98. The monoisotopic (exact) mass is 492 g/mol. The number of ether oxygens (including phenoxy) is 1. The van der Waals surface area contributed by atoms with Crippen LogP contribution >= 0.6 is 0 Å². The lowest BCUT2D eigenvalue weighted by Gasteiger charge is -2.60. The molecule has 4 aliphatic carbocycles. The van der Waals surface area contributed by atoms with E-state index in [0.29, 0.717) is 6.42 Å². The van der Waals surface area contributed by atoms with E-state index in [4.69, 9.17) is 8.92 Å². The predicted octanol–water partition coefficient (Wildman–Crippen LogP) is 3.49. The molecule has 4 aliphatic rings. The average molecular weight is 493 g/mol. The molecule has 34 heavy (non-hydrogen) atoms. The maximum absolute atomic E-state index is 13.3. The second-order valence-electron chi connectivity index (χ2n) is 11.5. The zero-order chi connectivity index (χ0) is 25.2. The lowest BCUT2D eigenvalue weighted by Crippen LogP contribution is -2.58. The van der Waals surface area contributed by atoms with Gasteiger partial charge in [0.25, 0.3) is 10.1 Å². The summed E-state index contributed by atoms with van der Waals surface area (Å²) in [6.45, 7) is 9.41. The molecular formula is C26H36O7S. The van der Waals surface area contributed by atoms with E-state index in [9.17, 15) is 22.8 Å². The van der Waals surface area contributed by atoms with Gasteiger partial charge in [0.2, 0.25) is 0 Å². The highest BCUT2D eigenvalue weighted by Crippen LogP contribution is 2.68. The molecule has 0 aromatic carbocycles. The molecule has 0 aliphatic heterocycles. The van der Waals surface area contributed by atoms with Crippen molar-refractivity contribution in [3.8, 4) is 0 Å². The number of rotatable bonds is 5. The van der Waals surface area contributed by atoms with Crippen LogP contribution in [0.5, 0.6) is 0 Å². The smallest absolute Gasteiger partial charge is 0.303 e. The minimum Gasteiger partial charge on any atom is -0.458 e.